The zero-order valence-electron chi connectivity index (χ0n) is 18.8. The first kappa shape index (κ1) is 23.9. The number of nitrogens with zero attached hydrogens (tertiary/aromatic N) is 2. The van der Waals surface area contributed by atoms with E-state index >= 15 is 0 Å². The van der Waals surface area contributed by atoms with Crippen molar-refractivity contribution in [3.05, 3.63) is 84.4 Å². The Morgan fingerprint density at radius 1 is 0.824 bits per heavy atom. The van der Waals surface area contributed by atoms with Crippen LogP contribution in [0.3, 0.4) is 0 Å². The van der Waals surface area contributed by atoms with Crippen molar-refractivity contribution in [3.8, 4) is 11.1 Å². The fraction of sp³-hybridized carbons (Fsp3) is 0.200. The topological polar surface area (TPSA) is 81.8 Å². The van der Waals surface area contributed by atoms with Crippen LogP contribution < -0.4 is 15.5 Å². The van der Waals surface area contributed by atoms with Gasteiger partial charge in [0.2, 0.25) is 10.0 Å². The van der Waals surface area contributed by atoms with E-state index < -0.39 is 10.0 Å². The molecule has 0 aromatic heterocycles. The lowest BCUT2D eigenvalue weighted by atomic mass is 10.0. The summed E-state index contributed by atoms with van der Waals surface area (Å²) in [6, 6.07) is 24.9. The Kier molecular flexibility index (Phi) is 7.26. The third-order valence-corrected chi connectivity index (χ3v) is 7.19. The van der Waals surface area contributed by atoms with Gasteiger partial charge in [-0.25, -0.2) is 8.42 Å². The first-order valence-corrected chi connectivity index (χ1v) is 13.1. The van der Waals surface area contributed by atoms with E-state index in [1.807, 2.05) is 66.7 Å². The highest BCUT2D eigenvalue weighted by Gasteiger charge is 2.24. The SMILES string of the molecule is CS(=O)(=O)N1CCN(c2ccccc2NC(=S)NC(=O)c2ccc(-c3ccccc3)cc2)CC1. The van der Waals surface area contributed by atoms with E-state index in [2.05, 4.69) is 15.5 Å². The molecule has 1 aliphatic rings. The molecule has 1 fully saturated rings. The molecule has 0 unspecified atom stereocenters. The highest BCUT2D eigenvalue weighted by molar-refractivity contribution is 7.88. The van der Waals surface area contributed by atoms with E-state index in [0.717, 1.165) is 22.5 Å². The van der Waals surface area contributed by atoms with E-state index in [9.17, 15) is 13.2 Å². The second-order valence-electron chi connectivity index (χ2n) is 8.02. The quantitative estimate of drug-likeness (QED) is 0.528. The fourth-order valence-corrected chi connectivity index (χ4v) is 4.92. The molecule has 1 amide bonds. The van der Waals surface area contributed by atoms with Gasteiger partial charge >= 0.3 is 0 Å². The van der Waals surface area contributed by atoms with Gasteiger partial charge in [0, 0.05) is 31.7 Å². The molecule has 7 nitrogen and oxygen atoms in total. The lowest BCUT2D eigenvalue weighted by Crippen LogP contribution is -2.48. The summed E-state index contributed by atoms with van der Waals surface area (Å²) in [7, 11) is -3.20. The molecule has 1 saturated heterocycles. The van der Waals surface area contributed by atoms with Crippen LogP contribution in [0.5, 0.6) is 0 Å². The van der Waals surface area contributed by atoms with Crippen molar-refractivity contribution in [2.45, 2.75) is 0 Å². The molecular weight excluding hydrogens is 468 g/mol. The molecule has 3 aromatic carbocycles. The number of sulfonamides is 1. The molecule has 2 N–H and O–H groups in total. The first-order chi connectivity index (χ1) is 16.3. The van der Waals surface area contributed by atoms with Gasteiger partial charge in [0.05, 0.1) is 17.6 Å². The molecule has 4 rings (SSSR count). The highest BCUT2D eigenvalue weighted by Crippen LogP contribution is 2.27. The summed E-state index contributed by atoms with van der Waals surface area (Å²) in [5, 5.41) is 6.04. The predicted molar refractivity (Wildman–Crippen MR) is 141 cm³/mol. The summed E-state index contributed by atoms with van der Waals surface area (Å²) >= 11 is 5.39. The predicted octanol–water partition coefficient (Wildman–Crippen LogP) is 3.56. The van der Waals surface area contributed by atoms with Crippen LogP contribution >= 0.6 is 12.2 Å². The molecule has 0 atom stereocenters. The largest absolute Gasteiger partial charge is 0.367 e. The molecule has 0 saturated carbocycles. The number of thiocarbonyl (C=S) groups is 1. The Labute approximate surface area is 205 Å². The fourth-order valence-electron chi connectivity index (χ4n) is 3.89. The van der Waals surface area contributed by atoms with Crippen LogP contribution in [0.4, 0.5) is 11.4 Å². The number of hydrogen-bond acceptors (Lipinski definition) is 5. The van der Waals surface area contributed by atoms with Crippen molar-refractivity contribution in [2.75, 3.05) is 42.7 Å². The number of amides is 1. The number of rotatable bonds is 5. The number of hydrogen-bond donors (Lipinski definition) is 2. The van der Waals surface area contributed by atoms with Crippen molar-refractivity contribution in [1.82, 2.24) is 9.62 Å². The number of carbonyl (C=O) groups excluding carboxylic acids is 1. The average molecular weight is 495 g/mol. The summed E-state index contributed by atoms with van der Waals surface area (Å²) in [5.41, 5.74) is 4.27. The molecule has 1 aliphatic heterocycles. The van der Waals surface area contributed by atoms with Crippen molar-refractivity contribution in [1.29, 1.82) is 0 Å². The third-order valence-electron chi connectivity index (χ3n) is 5.68. The van der Waals surface area contributed by atoms with Crippen molar-refractivity contribution in [2.24, 2.45) is 0 Å². The monoisotopic (exact) mass is 494 g/mol. The Balaban J connectivity index is 1.39. The summed E-state index contributed by atoms with van der Waals surface area (Å²) in [6.07, 6.45) is 1.23. The molecule has 0 spiro atoms. The lowest BCUT2D eigenvalue weighted by molar-refractivity contribution is 0.0977. The van der Waals surface area contributed by atoms with Crippen molar-refractivity contribution < 1.29 is 13.2 Å². The van der Waals surface area contributed by atoms with Gasteiger partial charge < -0.3 is 10.2 Å². The smallest absolute Gasteiger partial charge is 0.257 e. The molecule has 3 aromatic rings. The maximum absolute atomic E-state index is 12.7. The Hall–Kier alpha value is -3.27. The van der Waals surface area contributed by atoms with Gasteiger partial charge in [-0.05, 0) is 47.6 Å². The zero-order chi connectivity index (χ0) is 24.1. The van der Waals surface area contributed by atoms with Gasteiger partial charge in [0.25, 0.3) is 5.91 Å². The molecule has 9 heteroatoms. The van der Waals surface area contributed by atoms with Crippen LogP contribution in [0.1, 0.15) is 10.4 Å². The normalized spacial score (nSPS) is 14.4. The minimum Gasteiger partial charge on any atom is -0.367 e. The Morgan fingerprint density at radius 2 is 1.41 bits per heavy atom. The number of benzene rings is 3. The van der Waals surface area contributed by atoms with Gasteiger partial charge in [0.15, 0.2) is 5.11 Å². The number of anilines is 2. The van der Waals surface area contributed by atoms with Gasteiger partial charge in [-0.2, -0.15) is 4.31 Å². The molecule has 176 valence electrons. The summed E-state index contributed by atoms with van der Waals surface area (Å²) < 4.78 is 25.1. The van der Waals surface area contributed by atoms with E-state index in [1.54, 1.807) is 12.1 Å². The summed E-state index contributed by atoms with van der Waals surface area (Å²) in [6.45, 7) is 1.98. The van der Waals surface area contributed by atoms with Gasteiger partial charge in [-0.3, -0.25) is 10.1 Å². The van der Waals surface area contributed by atoms with E-state index in [-0.39, 0.29) is 11.0 Å². The molecule has 0 bridgehead atoms. The van der Waals surface area contributed by atoms with E-state index in [4.69, 9.17) is 12.2 Å². The number of piperazine rings is 1. The highest BCUT2D eigenvalue weighted by atomic mass is 32.2. The second kappa shape index (κ2) is 10.3. The molecular formula is C25H26N4O3S2. The minimum atomic E-state index is -3.20. The van der Waals surface area contributed by atoms with Crippen LogP contribution in [-0.4, -0.2) is 56.2 Å². The summed E-state index contributed by atoms with van der Waals surface area (Å²) in [4.78, 5) is 14.8. The average Bonchev–Trinajstić information content (AvgIpc) is 2.84. The van der Waals surface area contributed by atoms with Crippen LogP contribution in [0.15, 0.2) is 78.9 Å². The summed E-state index contributed by atoms with van der Waals surface area (Å²) in [5.74, 6) is -0.295. The lowest BCUT2D eigenvalue weighted by Gasteiger charge is -2.35. The molecule has 0 radical (unpaired) electrons. The first-order valence-electron chi connectivity index (χ1n) is 10.9. The van der Waals surface area contributed by atoms with Crippen LogP contribution in [0.25, 0.3) is 11.1 Å². The van der Waals surface area contributed by atoms with E-state index in [1.165, 1.54) is 10.6 Å². The third kappa shape index (κ3) is 5.80. The number of nitrogens with one attached hydrogen (secondary N) is 2. The standard InChI is InChI=1S/C25H26N4O3S2/c1-34(31,32)29-17-15-28(16-18-29)23-10-6-5-9-22(23)26-25(33)27-24(30)21-13-11-20(12-14-21)19-7-3-2-4-8-19/h2-14H,15-18H2,1H3,(H2,26,27,30,33). The zero-order valence-corrected chi connectivity index (χ0v) is 20.4. The van der Waals surface area contributed by atoms with Gasteiger partial charge in [-0.15, -0.1) is 0 Å². The van der Waals surface area contributed by atoms with Crippen LogP contribution in [0, 0.1) is 0 Å². The molecule has 1 heterocycles. The maximum Gasteiger partial charge on any atom is 0.257 e. The van der Waals surface area contributed by atoms with Crippen molar-refractivity contribution >= 4 is 44.6 Å². The van der Waals surface area contributed by atoms with Crippen molar-refractivity contribution in [3.63, 3.8) is 0 Å². The Morgan fingerprint density at radius 3 is 2.06 bits per heavy atom. The number of carbonyl (C=O) groups is 1. The van der Waals surface area contributed by atoms with Crippen LogP contribution in [-0.2, 0) is 10.0 Å². The molecule has 34 heavy (non-hydrogen) atoms. The van der Waals surface area contributed by atoms with Gasteiger partial charge in [0.1, 0.15) is 0 Å². The molecule has 0 aliphatic carbocycles. The second-order valence-corrected chi connectivity index (χ2v) is 10.4. The van der Waals surface area contributed by atoms with E-state index in [0.29, 0.717) is 31.7 Å². The van der Waals surface area contributed by atoms with Crippen LogP contribution in [0.2, 0.25) is 0 Å². The Bertz CT molecular complexity index is 1270. The number of para-hydroxylation sites is 2. The maximum atomic E-state index is 12.7. The minimum absolute atomic E-state index is 0.194. The van der Waals surface area contributed by atoms with Gasteiger partial charge in [-0.1, -0.05) is 54.6 Å².